The van der Waals surface area contributed by atoms with Gasteiger partial charge in [0.25, 0.3) is 0 Å². The number of carboxylic acid groups (broad SMARTS) is 2. The van der Waals surface area contributed by atoms with Crippen LogP contribution in [0.2, 0.25) is 0 Å². The van der Waals surface area contributed by atoms with Crippen molar-refractivity contribution in [3.05, 3.63) is 35.9 Å². The van der Waals surface area contributed by atoms with Crippen molar-refractivity contribution in [2.75, 3.05) is 0 Å². The Balaban J connectivity index is 0. The molecule has 20 heavy (non-hydrogen) atoms. The molecule has 1 rings (SSSR count). The Morgan fingerprint density at radius 3 is 2.10 bits per heavy atom. The third-order valence-electron chi connectivity index (χ3n) is 2.58. The Morgan fingerprint density at radius 1 is 1.20 bits per heavy atom. The summed E-state index contributed by atoms with van der Waals surface area (Å²) in [5.74, 6) is -3.38. The molecule has 98 valence electrons. The number of aliphatic carboxylic acids is 2. The molecule has 0 fully saturated rings. The quantitative estimate of drug-likeness (QED) is 0.502. The molecule has 0 aliphatic rings. The Kier molecular flexibility index (Phi) is 11.1. The van der Waals surface area contributed by atoms with Crippen molar-refractivity contribution in [1.82, 2.24) is 0 Å². The monoisotopic (exact) mass is 297 g/mol. The first-order valence-corrected chi connectivity index (χ1v) is 5.29. The van der Waals surface area contributed by atoms with Gasteiger partial charge in [-0.3, -0.25) is 0 Å². The van der Waals surface area contributed by atoms with E-state index in [9.17, 15) is 24.9 Å². The van der Waals surface area contributed by atoms with Crippen LogP contribution < -0.4 is 75.1 Å². The van der Waals surface area contributed by atoms with E-state index in [1.54, 1.807) is 30.3 Å². The maximum absolute atomic E-state index is 11.0. The standard InChI is InChI=1S/C12H15NO5.2Na/c13-9(10(14)15)7-12(18,11(16)17)6-8-4-2-1-3-5-8;;/h1-5,9,18H,6-7,13H2,(H,14,15)(H,16,17);;/q;2*+1/p-2/t9-,12-;;/m1../s1. The molecular formula is C12H13NNa2O5. The van der Waals surface area contributed by atoms with E-state index >= 15 is 0 Å². The van der Waals surface area contributed by atoms with Crippen LogP contribution in [0.15, 0.2) is 30.3 Å². The molecule has 1 aromatic carbocycles. The minimum Gasteiger partial charge on any atom is -0.548 e. The summed E-state index contributed by atoms with van der Waals surface area (Å²) in [6, 6.07) is 6.72. The van der Waals surface area contributed by atoms with Crippen molar-refractivity contribution in [3.63, 3.8) is 0 Å². The molecule has 3 N–H and O–H groups in total. The first-order valence-electron chi connectivity index (χ1n) is 5.29. The Bertz CT molecular complexity index is 443. The van der Waals surface area contributed by atoms with E-state index in [0.29, 0.717) is 5.56 Å². The molecule has 8 heteroatoms. The zero-order valence-electron chi connectivity index (χ0n) is 11.5. The van der Waals surface area contributed by atoms with Crippen LogP contribution in [0.3, 0.4) is 0 Å². The van der Waals surface area contributed by atoms with Crippen molar-refractivity contribution in [2.24, 2.45) is 5.73 Å². The minimum atomic E-state index is -2.33. The number of aliphatic hydroxyl groups is 1. The van der Waals surface area contributed by atoms with Crippen LogP contribution in [-0.4, -0.2) is 28.7 Å². The van der Waals surface area contributed by atoms with E-state index in [1.165, 1.54) is 0 Å². The van der Waals surface area contributed by atoms with Crippen LogP contribution in [0.25, 0.3) is 0 Å². The summed E-state index contributed by atoms with van der Waals surface area (Å²) in [4.78, 5) is 21.4. The van der Waals surface area contributed by atoms with Gasteiger partial charge < -0.3 is 30.6 Å². The number of carboxylic acids is 2. The average Bonchev–Trinajstić information content (AvgIpc) is 2.29. The Labute approximate surface area is 160 Å². The number of benzene rings is 1. The summed E-state index contributed by atoms with van der Waals surface area (Å²) in [6.45, 7) is 0. The summed E-state index contributed by atoms with van der Waals surface area (Å²) >= 11 is 0. The van der Waals surface area contributed by atoms with Crippen LogP contribution in [0.5, 0.6) is 0 Å². The molecule has 0 bridgehead atoms. The predicted octanol–water partition coefficient (Wildman–Crippen LogP) is -8.81. The van der Waals surface area contributed by atoms with Gasteiger partial charge in [0.15, 0.2) is 0 Å². The predicted molar refractivity (Wildman–Crippen MR) is 57.7 cm³/mol. The topological polar surface area (TPSA) is 127 Å². The van der Waals surface area contributed by atoms with E-state index in [0.717, 1.165) is 0 Å². The van der Waals surface area contributed by atoms with E-state index < -0.39 is 30.0 Å². The van der Waals surface area contributed by atoms with Gasteiger partial charge >= 0.3 is 59.1 Å². The second-order valence-corrected chi connectivity index (χ2v) is 4.11. The first-order chi connectivity index (χ1) is 8.35. The van der Waals surface area contributed by atoms with Crippen LogP contribution >= 0.6 is 0 Å². The molecule has 0 aliphatic heterocycles. The maximum atomic E-state index is 11.0. The van der Waals surface area contributed by atoms with Gasteiger partial charge in [-0.1, -0.05) is 30.3 Å². The van der Waals surface area contributed by atoms with Crippen LogP contribution in [0, 0.1) is 0 Å². The van der Waals surface area contributed by atoms with Gasteiger partial charge in [0.2, 0.25) is 0 Å². The zero-order chi connectivity index (χ0) is 13.8. The second-order valence-electron chi connectivity index (χ2n) is 4.11. The number of carbonyl (C=O) groups is 2. The molecule has 0 saturated heterocycles. The third-order valence-corrected chi connectivity index (χ3v) is 2.58. The molecule has 0 aliphatic carbocycles. The molecule has 0 aromatic heterocycles. The first kappa shape index (κ1) is 22.4. The maximum Gasteiger partial charge on any atom is 1.00 e. The average molecular weight is 297 g/mol. The third kappa shape index (κ3) is 6.69. The molecule has 0 amide bonds. The van der Waals surface area contributed by atoms with E-state index in [-0.39, 0.29) is 65.5 Å². The van der Waals surface area contributed by atoms with Gasteiger partial charge in [0.1, 0.15) is 5.60 Å². The number of nitrogens with two attached hydrogens (primary N) is 1. The van der Waals surface area contributed by atoms with Crippen molar-refractivity contribution in [1.29, 1.82) is 0 Å². The van der Waals surface area contributed by atoms with Gasteiger partial charge in [-0.05, 0) is 5.56 Å². The van der Waals surface area contributed by atoms with E-state index in [1.807, 2.05) is 0 Å². The van der Waals surface area contributed by atoms with Crippen LogP contribution in [-0.2, 0) is 16.0 Å². The van der Waals surface area contributed by atoms with Crippen LogP contribution in [0.4, 0.5) is 0 Å². The fourth-order valence-electron chi connectivity index (χ4n) is 1.61. The van der Waals surface area contributed by atoms with Gasteiger partial charge in [0, 0.05) is 18.9 Å². The fraction of sp³-hybridized carbons (Fsp3) is 0.333. The number of carbonyl (C=O) groups excluding carboxylic acids is 2. The van der Waals surface area contributed by atoms with Crippen molar-refractivity contribution < 1.29 is 84.0 Å². The van der Waals surface area contributed by atoms with Gasteiger partial charge in [-0.25, -0.2) is 0 Å². The summed E-state index contributed by atoms with van der Waals surface area (Å²) in [7, 11) is 0. The SMILES string of the molecule is N[C@H](C[C@](O)(Cc1ccccc1)C(=O)[O-])C(=O)[O-].[Na+].[Na+]. The van der Waals surface area contributed by atoms with E-state index in [4.69, 9.17) is 5.73 Å². The molecule has 0 heterocycles. The molecule has 0 saturated carbocycles. The van der Waals surface area contributed by atoms with Gasteiger partial charge in [-0.15, -0.1) is 0 Å². The largest absolute Gasteiger partial charge is 1.00 e. The minimum absolute atomic E-state index is 0. The Morgan fingerprint density at radius 2 is 1.70 bits per heavy atom. The smallest absolute Gasteiger partial charge is 0.548 e. The number of hydrogen-bond donors (Lipinski definition) is 2. The van der Waals surface area contributed by atoms with Crippen molar-refractivity contribution >= 4 is 11.9 Å². The second kappa shape index (κ2) is 9.92. The van der Waals surface area contributed by atoms with E-state index in [2.05, 4.69) is 0 Å². The summed E-state index contributed by atoms with van der Waals surface area (Å²) in [6.07, 6.45) is -0.955. The van der Waals surface area contributed by atoms with Gasteiger partial charge in [-0.2, -0.15) is 0 Å². The van der Waals surface area contributed by atoms with Crippen molar-refractivity contribution in [3.8, 4) is 0 Å². The summed E-state index contributed by atoms with van der Waals surface area (Å²) in [5, 5.41) is 31.4. The zero-order valence-corrected chi connectivity index (χ0v) is 15.5. The van der Waals surface area contributed by atoms with Gasteiger partial charge in [0.05, 0.1) is 11.9 Å². The molecule has 0 radical (unpaired) electrons. The number of hydrogen-bond acceptors (Lipinski definition) is 6. The number of rotatable bonds is 6. The molecule has 0 spiro atoms. The molecule has 1 aromatic rings. The van der Waals surface area contributed by atoms with Crippen molar-refractivity contribution in [2.45, 2.75) is 24.5 Å². The molecular weight excluding hydrogens is 284 g/mol. The van der Waals surface area contributed by atoms with Crippen LogP contribution in [0.1, 0.15) is 12.0 Å². The fourth-order valence-corrected chi connectivity index (χ4v) is 1.61. The molecule has 6 nitrogen and oxygen atoms in total. The Hall–Kier alpha value is 0.0800. The summed E-state index contributed by atoms with van der Waals surface area (Å²) in [5.41, 5.74) is 3.39. The molecule has 0 unspecified atom stereocenters. The molecule has 2 atom stereocenters. The summed E-state index contributed by atoms with van der Waals surface area (Å²) < 4.78 is 0. The normalized spacial score (nSPS) is 14.1.